The first kappa shape index (κ1) is 25.0. The third kappa shape index (κ3) is 5.22. The van der Waals surface area contributed by atoms with Crippen LogP contribution in [0.2, 0.25) is 0 Å². The van der Waals surface area contributed by atoms with Gasteiger partial charge in [0.2, 0.25) is 5.91 Å². The van der Waals surface area contributed by atoms with Gasteiger partial charge in [0, 0.05) is 13.6 Å². The lowest BCUT2D eigenvalue weighted by atomic mass is 9.91. The van der Waals surface area contributed by atoms with Crippen LogP contribution >= 0.6 is 0 Å². The molecule has 2 aromatic carbocycles. The van der Waals surface area contributed by atoms with E-state index in [1.807, 2.05) is 24.3 Å². The third-order valence-corrected chi connectivity index (χ3v) is 7.25. The van der Waals surface area contributed by atoms with Crippen LogP contribution in [-0.2, 0) is 27.3 Å². The molecule has 1 unspecified atom stereocenters. The topological polar surface area (TPSA) is 94.0 Å². The number of nitrogens with zero attached hydrogens (tertiary/aromatic N) is 4. The number of rotatable bonds is 2. The summed E-state index contributed by atoms with van der Waals surface area (Å²) in [5.41, 5.74) is 0.370. The van der Waals surface area contributed by atoms with Crippen LogP contribution in [0.3, 0.4) is 0 Å². The second-order valence-corrected chi connectivity index (χ2v) is 9.74. The van der Waals surface area contributed by atoms with Gasteiger partial charge in [-0.3, -0.25) is 19.0 Å². The van der Waals surface area contributed by atoms with E-state index in [1.54, 1.807) is 35.0 Å². The Labute approximate surface area is 215 Å². The molecule has 1 fully saturated rings. The molecule has 37 heavy (non-hydrogen) atoms. The number of ether oxygens (including phenoxy) is 2. The SMILES string of the molecule is CN1CCOc2ccccc2CCCCC2(CN(C(=O)Cn3cnc4ccccc4c3=O)CCO2)C1=O. The van der Waals surface area contributed by atoms with Gasteiger partial charge in [0.1, 0.15) is 18.9 Å². The highest BCUT2D eigenvalue weighted by atomic mass is 16.5. The second kappa shape index (κ2) is 10.7. The Balaban J connectivity index is 1.33. The molecule has 5 rings (SSSR count). The Morgan fingerprint density at radius 2 is 1.84 bits per heavy atom. The molecule has 194 valence electrons. The van der Waals surface area contributed by atoms with E-state index in [0.29, 0.717) is 37.0 Å². The molecular formula is C28H32N4O5. The smallest absolute Gasteiger partial charge is 0.261 e. The third-order valence-electron chi connectivity index (χ3n) is 7.25. The van der Waals surface area contributed by atoms with Crippen LogP contribution in [0, 0.1) is 0 Å². The molecule has 2 amide bonds. The Morgan fingerprint density at radius 3 is 2.73 bits per heavy atom. The summed E-state index contributed by atoms with van der Waals surface area (Å²) in [6.45, 7) is 1.42. The van der Waals surface area contributed by atoms with Crippen LogP contribution in [-0.4, -0.2) is 76.7 Å². The lowest BCUT2D eigenvalue weighted by Crippen LogP contribution is -2.61. The summed E-state index contributed by atoms with van der Waals surface area (Å²) >= 11 is 0. The maximum atomic E-state index is 13.7. The molecule has 1 saturated heterocycles. The lowest BCUT2D eigenvalue weighted by molar-refractivity contribution is -0.175. The quantitative estimate of drug-likeness (QED) is 0.532. The first-order valence-electron chi connectivity index (χ1n) is 12.8. The highest BCUT2D eigenvalue weighted by molar-refractivity contribution is 5.87. The van der Waals surface area contributed by atoms with Gasteiger partial charge < -0.3 is 19.3 Å². The average Bonchev–Trinajstić information content (AvgIpc) is 2.92. The number of hydrogen-bond acceptors (Lipinski definition) is 6. The fourth-order valence-electron chi connectivity index (χ4n) is 5.17. The molecule has 2 aliphatic rings. The molecule has 3 heterocycles. The molecule has 0 saturated carbocycles. The molecule has 1 atom stereocenters. The number of para-hydroxylation sites is 2. The van der Waals surface area contributed by atoms with Gasteiger partial charge >= 0.3 is 0 Å². The molecule has 2 aliphatic heterocycles. The molecule has 9 heteroatoms. The van der Waals surface area contributed by atoms with Gasteiger partial charge in [0.15, 0.2) is 5.60 Å². The lowest BCUT2D eigenvalue weighted by Gasteiger charge is -2.43. The van der Waals surface area contributed by atoms with E-state index in [2.05, 4.69) is 11.1 Å². The molecule has 1 spiro atoms. The number of aromatic nitrogens is 2. The van der Waals surface area contributed by atoms with Gasteiger partial charge in [-0.15, -0.1) is 0 Å². The van der Waals surface area contributed by atoms with Crippen LogP contribution in [0.25, 0.3) is 10.9 Å². The largest absolute Gasteiger partial charge is 0.491 e. The van der Waals surface area contributed by atoms with Crippen LogP contribution < -0.4 is 10.3 Å². The molecule has 0 bridgehead atoms. The highest BCUT2D eigenvalue weighted by Gasteiger charge is 2.46. The van der Waals surface area contributed by atoms with Crippen LogP contribution in [0.4, 0.5) is 0 Å². The number of fused-ring (bicyclic) bond motifs is 2. The standard InChI is InChI=1S/C28H32N4O5/c1-30-14-16-36-24-12-5-2-8-21(24)9-6-7-13-28(27(30)35)19-31(15-17-37-28)25(33)18-32-20-29-23-11-4-3-10-22(23)26(32)34/h2-5,8,10-12,20H,6-7,9,13-19H2,1H3. The first-order chi connectivity index (χ1) is 18.0. The molecule has 1 aromatic heterocycles. The Morgan fingerprint density at radius 1 is 1.03 bits per heavy atom. The minimum Gasteiger partial charge on any atom is -0.491 e. The summed E-state index contributed by atoms with van der Waals surface area (Å²) in [4.78, 5) is 47.5. The molecule has 9 nitrogen and oxygen atoms in total. The van der Waals surface area contributed by atoms with Crippen LogP contribution in [0.5, 0.6) is 5.75 Å². The van der Waals surface area contributed by atoms with Crippen molar-refractivity contribution in [2.75, 3.05) is 39.9 Å². The predicted octanol–water partition coefficient (Wildman–Crippen LogP) is 2.26. The van der Waals surface area contributed by atoms with E-state index in [-0.39, 0.29) is 37.1 Å². The van der Waals surface area contributed by atoms with Crippen molar-refractivity contribution in [3.8, 4) is 5.75 Å². The summed E-state index contributed by atoms with van der Waals surface area (Å²) in [5, 5.41) is 0.469. The van der Waals surface area contributed by atoms with Crippen molar-refractivity contribution in [2.24, 2.45) is 0 Å². The maximum absolute atomic E-state index is 13.7. The van der Waals surface area contributed by atoms with Crippen molar-refractivity contribution >= 4 is 22.7 Å². The molecule has 0 N–H and O–H groups in total. The zero-order chi connectivity index (χ0) is 25.8. The van der Waals surface area contributed by atoms with Gasteiger partial charge in [-0.1, -0.05) is 30.3 Å². The molecular weight excluding hydrogens is 472 g/mol. The van der Waals surface area contributed by atoms with Crippen LogP contribution in [0.1, 0.15) is 24.8 Å². The Hall–Kier alpha value is -3.72. The minimum absolute atomic E-state index is 0.137. The van der Waals surface area contributed by atoms with Gasteiger partial charge in [0.25, 0.3) is 11.5 Å². The van der Waals surface area contributed by atoms with Gasteiger partial charge in [0.05, 0.1) is 36.9 Å². The van der Waals surface area contributed by atoms with Crippen molar-refractivity contribution in [1.82, 2.24) is 19.4 Å². The van der Waals surface area contributed by atoms with Gasteiger partial charge in [-0.05, 0) is 49.4 Å². The normalized spacial score (nSPS) is 21.2. The molecule has 3 aromatic rings. The van der Waals surface area contributed by atoms with E-state index in [1.165, 1.54) is 10.9 Å². The number of carbonyl (C=O) groups is 2. The highest BCUT2D eigenvalue weighted by Crippen LogP contribution is 2.29. The predicted molar refractivity (Wildman–Crippen MR) is 138 cm³/mol. The number of amides is 2. The summed E-state index contributed by atoms with van der Waals surface area (Å²) in [5.74, 6) is 0.482. The second-order valence-electron chi connectivity index (χ2n) is 9.74. The summed E-state index contributed by atoms with van der Waals surface area (Å²) in [6.07, 6.45) is 4.40. The van der Waals surface area contributed by atoms with E-state index >= 15 is 0 Å². The van der Waals surface area contributed by atoms with Gasteiger partial charge in [-0.25, -0.2) is 4.98 Å². The number of benzene rings is 2. The fraction of sp³-hybridized carbons (Fsp3) is 0.429. The van der Waals surface area contributed by atoms with Gasteiger partial charge in [-0.2, -0.15) is 0 Å². The van der Waals surface area contributed by atoms with Crippen molar-refractivity contribution in [1.29, 1.82) is 0 Å². The fourth-order valence-corrected chi connectivity index (χ4v) is 5.17. The first-order valence-corrected chi connectivity index (χ1v) is 12.8. The number of likely N-dealkylation sites (N-methyl/N-ethyl adjacent to an activating group) is 1. The van der Waals surface area contributed by atoms with E-state index in [4.69, 9.17) is 9.47 Å². The Kier molecular flexibility index (Phi) is 7.23. The molecule has 0 aliphatic carbocycles. The van der Waals surface area contributed by atoms with Crippen LogP contribution in [0.15, 0.2) is 59.7 Å². The number of hydrogen-bond donors (Lipinski definition) is 0. The van der Waals surface area contributed by atoms with E-state index < -0.39 is 5.60 Å². The number of morpholine rings is 1. The summed E-state index contributed by atoms with van der Waals surface area (Å²) in [7, 11) is 1.75. The zero-order valence-corrected chi connectivity index (χ0v) is 21.1. The molecule has 0 radical (unpaired) electrons. The van der Waals surface area contributed by atoms with Crippen molar-refractivity contribution in [3.05, 3.63) is 70.8 Å². The monoisotopic (exact) mass is 504 g/mol. The average molecular weight is 505 g/mol. The number of carbonyl (C=O) groups excluding carboxylic acids is 2. The summed E-state index contributed by atoms with van der Waals surface area (Å²) < 4.78 is 13.5. The zero-order valence-electron chi connectivity index (χ0n) is 21.1. The number of aryl methyl sites for hydroxylation is 1. The minimum atomic E-state index is -1.12. The van der Waals surface area contributed by atoms with Crippen molar-refractivity contribution in [2.45, 2.75) is 37.8 Å². The maximum Gasteiger partial charge on any atom is 0.261 e. The summed E-state index contributed by atoms with van der Waals surface area (Å²) in [6, 6.07) is 15.1. The van der Waals surface area contributed by atoms with Crippen molar-refractivity contribution < 1.29 is 19.1 Å². The van der Waals surface area contributed by atoms with E-state index in [9.17, 15) is 14.4 Å². The van der Waals surface area contributed by atoms with Crippen molar-refractivity contribution in [3.63, 3.8) is 0 Å². The van der Waals surface area contributed by atoms with E-state index in [0.717, 1.165) is 30.6 Å². The Bertz CT molecular complexity index is 1360.